The van der Waals surface area contributed by atoms with Crippen molar-refractivity contribution in [2.24, 2.45) is 5.73 Å². The molecule has 1 saturated carbocycles. The summed E-state index contributed by atoms with van der Waals surface area (Å²) in [6.45, 7) is 0.694. The number of ether oxygens (including phenoxy) is 1. The molecule has 1 fully saturated rings. The third-order valence-electron chi connectivity index (χ3n) is 2.57. The van der Waals surface area contributed by atoms with Crippen LogP contribution in [0.15, 0.2) is 30.3 Å². The molecule has 2 atom stereocenters. The van der Waals surface area contributed by atoms with Crippen LogP contribution in [0.4, 0.5) is 0 Å². The molecule has 0 saturated heterocycles. The summed E-state index contributed by atoms with van der Waals surface area (Å²) < 4.78 is 5.65. The zero-order chi connectivity index (χ0) is 9.10. The van der Waals surface area contributed by atoms with Gasteiger partial charge in [-0.05, 0) is 18.4 Å². The topological polar surface area (TPSA) is 35.2 Å². The van der Waals surface area contributed by atoms with Gasteiger partial charge in [0.15, 0.2) is 0 Å². The standard InChI is InChI=1S/C11H15NO/c12-10-6-7-11(10)13-8-9-4-2-1-3-5-9/h1-5,10-11H,6-8,12H2/t10-,11+/m1/s1. The molecule has 2 rings (SSSR count). The normalized spacial score (nSPS) is 26.8. The lowest BCUT2D eigenvalue weighted by atomic mass is 9.90. The fraction of sp³-hybridized carbons (Fsp3) is 0.455. The molecule has 1 aromatic carbocycles. The number of rotatable bonds is 3. The zero-order valence-corrected chi connectivity index (χ0v) is 7.65. The summed E-state index contributed by atoms with van der Waals surface area (Å²) in [4.78, 5) is 0. The van der Waals surface area contributed by atoms with E-state index in [1.807, 2.05) is 18.2 Å². The molecular weight excluding hydrogens is 162 g/mol. The molecule has 2 heteroatoms. The molecule has 0 bridgehead atoms. The van der Waals surface area contributed by atoms with Gasteiger partial charge in [0.05, 0.1) is 12.7 Å². The molecule has 0 aliphatic heterocycles. The Bertz CT molecular complexity index is 260. The van der Waals surface area contributed by atoms with E-state index in [0.717, 1.165) is 12.8 Å². The maximum absolute atomic E-state index is 5.76. The third kappa shape index (κ3) is 2.08. The summed E-state index contributed by atoms with van der Waals surface area (Å²) in [5, 5.41) is 0. The summed E-state index contributed by atoms with van der Waals surface area (Å²) in [6, 6.07) is 10.5. The minimum Gasteiger partial charge on any atom is -0.372 e. The summed E-state index contributed by atoms with van der Waals surface area (Å²) in [7, 11) is 0. The van der Waals surface area contributed by atoms with Gasteiger partial charge in [-0.25, -0.2) is 0 Å². The van der Waals surface area contributed by atoms with Crippen molar-refractivity contribution >= 4 is 0 Å². The van der Waals surface area contributed by atoms with E-state index in [9.17, 15) is 0 Å². The maximum Gasteiger partial charge on any atom is 0.0731 e. The molecule has 70 valence electrons. The molecule has 1 aromatic rings. The van der Waals surface area contributed by atoms with E-state index in [1.54, 1.807) is 0 Å². The Morgan fingerprint density at radius 1 is 1.23 bits per heavy atom. The van der Waals surface area contributed by atoms with E-state index in [2.05, 4.69) is 12.1 Å². The van der Waals surface area contributed by atoms with Crippen LogP contribution in [0.25, 0.3) is 0 Å². The van der Waals surface area contributed by atoms with Crippen LogP contribution in [0.5, 0.6) is 0 Å². The van der Waals surface area contributed by atoms with Crippen LogP contribution in [0.2, 0.25) is 0 Å². The first kappa shape index (κ1) is 8.73. The van der Waals surface area contributed by atoms with Gasteiger partial charge in [-0.2, -0.15) is 0 Å². The monoisotopic (exact) mass is 177 g/mol. The Balaban J connectivity index is 1.80. The number of benzene rings is 1. The highest BCUT2D eigenvalue weighted by molar-refractivity contribution is 5.13. The summed E-state index contributed by atoms with van der Waals surface area (Å²) in [5.41, 5.74) is 6.99. The molecule has 0 amide bonds. The van der Waals surface area contributed by atoms with Gasteiger partial charge in [0.1, 0.15) is 0 Å². The van der Waals surface area contributed by atoms with Crippen LogP contribution in [-0.4, -0.2) is 12.1 Å². The van der Waals surface area contributed by atoms with Crippen molar-refractivity contribution in [1.82, 2.24) is 0 Å². The molecule has 0 unspecified atom stereocenters. The van der Waals surface area contributed by atoms with Crippen LogP contribution in [0, 0.1) is 0 Å². The molecule has 1 aliphatic carbocycles. The highest BCUT2D eigenvalue weighted by Crippen LogP contribution is 2.22. The first-order chi connectivity index (χ1) is 6.36. The molecule has 2 N–H and O–H groups in total. The average molecular weight is 177 g/mol. The Hall–Kier alpha value is -0.860. The number of nitrogens with two attached hydrogens (primary N) is 1. The van der Waals surface area contributed by atoms with Gasteiger partial charge in [-0.1, -0.05) is 30.3 Å². The quantitative estimate of drug-likeness (QED) is 0.762. The smallest absolute Gasteiger partial charge is 0.0731 e. The third-order valence-corrected chi connectivity index (χ3v) is 2.57. The highest BCUT2D eigenvalue weighted by Gasteiger charge is 2.27. The first-order valence-electron chi connectivity index (χ1n) is 4.77. The first-order valence-corrected chi connectivity index (χ1v) is 4.77. The van der Waals surface area contributed by atoms with Crippen LogP contribution >= 0.6 is 0 Å². The Morgan fingerprint density at radius 2 is 2.00 bits per heavy atom. The predicted molar refractivity (Wildman–Crippen MR) is 52.2 cm³/mol. The molecule has 0 radical (unpaired) electrons. The zero-order valence-electron chi connectivity index (χ0n) is 7.65. The van der Waals surface area contributed by atoms with Crippen molar-refractivity contribution in [3.63, 3.8) is 0 Å². The Kier molecular flexibility index (Phi) is 2.62. The van der Waals surface area contributed by atoms with Crippen LogP contribution in [0.3, 0.4) is 0 Å². The van der Waals surface area contributed by atoms with Crippen molar-refractivity contribution in [2.75, 3.05) is 0 Å². The molecular formula is C11H15NO. The van der Waals surface area contributed by atoms with E-state index in [0.29, 0.717) is 12.7 Å². The minimum atomic E-state index is 0.267. The fourth-order valence-corrected chi connectivity index (χ4v) is 1.48. The average Bonchev–Trinajstić information content (AvgIpc) is 2.17. The highest BCUT2D eigenvalue weighted by atomic mass is 16.5. The van der Waals surface area contributed by atoms with E-state index in [4.69, 9.17) is 10.5 Å². The summed E-state index contributed by atoms with van der Waals surface area (Å²) in [5.74, 6) is 0. The molecule has 2 nitrogen and oxygen atoms in total. The second-order valence-corrected chi connectivity index (χ2v) is 3.58. The summed E-state index contributed by atoms with van der Waals surface area (Å²) in [6.07, 6.45) is 2.52. The van der Waals surface area contributed by atoms with Gasteiger partial charge in [0.2, 0.25) is 0 Å². The van der Waals surface area contributed by atoms with E-state index in [1.165, 1.54) is 5.56 Å². The number of hydrogen-bond donors (Lipinski definition) is 1. The van der Waals surface area contributed by atoms with Gasteiger partial charge in [-0.15, -0.1) is 0 Å². The van der Waals surface area contributed by atoms with Crippen molar-refractivity contribution in [3.8, 4) is 0 Å². The minimum absolute atomic E-state index is 0.267. The van der Waals surface area contributed by atoms with Crippen molar-refractivity contribution in [2.45, 2.75) is 31.6 Å². The Labute approximate surface area is 78.7 Å². The lowest BCUT2D eigenvalue weighted by Crippen LogP contribution is -2.45. The van der Waals surface area contributed by atoms with Gasteiger partial charge in [-0.3, -0.25) is 0 Å². The fourth-order valence-electron chi connectivity index (χ4n) is 1.48. The predicted octanol–water partition coefficient (Wildman–Crippen LogP) is 1.69. The largest absolute Gasteiger partial charge is 0.372 e. The summed E-state index contributed by atoms with van der Waals surface area (Å²) >= 11 is 0. The van der Waals surface area contributed by atoms with Crippen LogP contribution in [-0.2, 0) is 11.3 Å². The second-order valence-electron chi connectivity index (χ2n) is 3.58. The molecule has 0 aromatic heterocycles. The van der Waals surface area contributed by atoms with Gasteiger partial charge in [0, 0.05) is 6.04 Å². The lowest BCUT2D eigenvalue weighted by Gasteiger charge is -2.33. The van der Waals surface area contributed by atoms with E-state index >= 15 is 0 Å². The van der Waals surface area contributed by atoms with Crippen LogP contribution in [0.1, 0.15) is 18.4 Å². The van der Waals surface area contributed by atoms with Gasteiger partial charge < -0.3 is 10.5 Å². The van der Waals surface area contributed by atoms with E-state index in [-0.39, 0.29) is 6.04 Å². The molecule has 1 aliphatic rings. The molecule has 13 heavy (non-hydrogen) atoms. The van der Waals surface area contributed by atoms with Crippen molar-refractivity contribution in [3.05, 3.63) is 35.9 Å². The SMILES string of the molecule is N[C@@H]1CC[C@@H]1OCc1ccccc1. The van der Waals surface area contributed by atoms with Gasteiger partial charge >= 0.3 is 0 Å². The van der Waals surface area contributed by atoms with Gasteiger partial charge in [0.25, 0.3) is 0 Å². The second kappa shape index (κ2) is 3.90. The Morgan fingerprint density at radius 3 is 2.54 bits per heavy atom. The van der Waals surface area contributed by atoms with Crippen molar-refractivity contribution in [1.29, 1.82) is 0 Å². The van der Waals surface area contributed by atoms with E-state index < -0.39 is 0 Å². The van der Waals surface area contributed by atoms with Crippen LogP contribution < -0.4 is 5.73 Å². The number of hydrogen-bond acceptors (Lipinski definition) is 2. The van der Waals surface area contributed by atoms with Crippen molar-refractivity contribution < 1.29 is 4.74 Å². The molecule has 0 heterocycles. The lowest BCUT2D eigenvalue weighted by molar-refractivity contribution is -0.0245. The maximum atomic E-state index is 5.76. The molecule has 0 spiro atoms.